The predicted octanol–water partition coefficient (Wildman–Crippen LogP) is 0.622. The average Bonchev–Trinajstić information content (AvgIpc) is 2.29. The smallest absolute Gasteiger partial charge is 0.309 e. The molecule has 1 aliphatic rings. The number of nitrogens with one attached hydrogen (secondary N) is 1. The zero-order valence-electron chi connectivity index (χ0n) is 7.91. The van der Waals surface area contributed by atoms with Crippen molar-refractivity contribution in [2.24, 2.45) is 11.8 Å². The van der Waals surface area contributed by atoms with Crippen molar-refractivity contribution >= 4 is 11.9 Å². The molecule has 0 unspecified atom stereocenters. The van der Waals surface area contributed by atoms with E-state index in [9.17, 15) is 9.59 Å². The van der Waals surface area contributed by atoms with Gasteiger partial charge in [0.15, 0.2) is 0 Å². The van der Waals surface area contributed by atoms with E-state index in [0.29, 0.717) is 5.92 Å². The molecule has 1 saturated heterocycles. The van der Waals surface area contributed by atoms with Gasteiger partial charge in [0.2, 0.25) is 5.91 Å². The Morgan fingerprint density at radius 3 is 2.77 bits per heavy atom. The highest BCUT2D eigenvalue weighted by Crippen LogP contribution is 2.22. The molecule has 0 radical (unpaired) electrons. The Hall–Kier alpha value is -1.06. The molecule has 0 aliphatic carbocycles. The van der Waals surface area contributed by atoms with Crippen LogP contribution < -0.4 is 5.32 Å². The van der Waals surface area contributed by atoms with Crippen LogP contribution in [0, 0.1) is 11.8 Å². The Kier molecular flexibility index (Phi) is 2.90. The normalized spacial score (nSPS) is 27.8. The number of amides is 1. The van der Waals surface area contributed by atoms with Gasteiger partial charge < -0.3 is 10.4 Å². The van der Waals surface area contributed by atoms with Gasteiger partial charge in [-0.1, -0.05) is 13.8 Å². The van der Waals surface area contributed by atoms with Crippen molar-refractivity contribution in [3.05, 3.63) is 0 Å². The molecule has 1 aliphatic heterocycles. The van der Waals surface area contributed by atoms with Gasteiger partial charge in [0.1, 0.15) is 0 Å². The van der Waals surface area contributed by atoms with Crippen LogP contribution in [0.15, 0.2) is 0 Å². The molecule has 4 heteroatoms. The average molecular weight is 185 g/mol. The number of aliphatic carboxylic acids is 1. The van der Waals surface area contributed by atoms with Crippen molar-refractivity contribution in [1.82, 2.24) is 5.32 Å². The second kappa shape index (κ2) is 3.77. The number of hydrogen-bond acceptors (Lipinski definition) is 2. The lowest BCUT2D eigenvalue weighted by Gasteiger charge is -2.16. The van der Waals surface area contributed by atoms with Crippen molar-refractivity contribution in [3.63, 3.8) is 0 Å². The summed E-state index contributed by atoms with van der Waals surface area (Å²) in [6.07, 6.45) is 0.870. The van der Waals surface area contributed by atoms with Crippen LogP contribution in [-0.4, -0.2) is 23.0 Å². The van der Waals surface area contributed by atoms with Crippen molar-refractivity contribution < 1.29 is 14.7 Å². The van der Waals surface area contributed by atoms with E-state index in [0.717, 1.165) is 6.42 Å². The molecule has 1 fully saturated rings. The van der Waals surface area contributed by atoms with Crippen molar-refractivity contribution in [3.8, 4) is 0 Å². The van der Waals surface area contributed by atoms with Crippen LogP contribution in [0.1, 0.15) is 26.7 Å². The molecule has 0 bridgehead atoms. The fourth-order valence-corrected chi connectivity index (χ4v) is 1.70. The molecule has 4 nitrogen and oxygen atoms in total. The Bertz CT molecular complexity index is 225. The largest absolute Gasteiger partial charge is 0.481 e. The van der Waals surface area contributed by atoms with Crippen LogP contribution in [0.2, 0.25) is 0 Å². The van der Waals surface area contributed by atoms with Gasteiger partial charge in [0.25, 0.3) is 0 Å². The van der Waals surface area contributed by atoms with Gasteiger partial charge in [-0.3, -0.25) is 9.59 Å². The molecular weight excluding hydrogens is 170 g/mol. The number of carboxylic acids is 1. The second-order valence-electron chi connectivity index (χ2n) is 3.95. The van der Waals surface area contributed by atoms with Crippen LogP contribution in [-0.2, 0) is 9.59 Å². The van der Waals surface area contributed by atoms with Crippen LogP contribution in [0.5, 0.6) is 0 Å². The molecule has 0 aromatic heterocycles. The summed E-state index contributed by atoms with van der Waals surface area (Å²) in [5.74, 6) is -1.14. The first-order valence-electron chi connectivity index (χ1n) is 4.53. The van der Waals surface area contributed by atoms with Crippen molar-refractivity contribution in [2.75, 3.05) is 0 Å². The lowest BCUT2D eigenvalue weighted by molar-refractivity contribution is -0.142. The van der Waals surface area contributed by atoms with E-state index in [1.807, 2.05) is 13.8 Å². The van der Waals surface area contributed by atoms with Gasteiger partial charge >= 0.3 is 5.97 Å². The van der Waals surface area contributed by atoms with Crippen LogP contribution in [0.4, 0.5) is 0 Å². The summed E-state index contributed by atoms with van der Waals surface area (Å²) in [5.41, 5.74) is 0. The maximum absolute atomic E-state index is 11.0. The van der Waals surface area contributed by atoms with Gasteiger partial charge in [0, 0.05) is 12.5 Å². The summed E-state index contributed by atoms with van der Waals surface area (Å²) >= 11 is 0. The minimum absolute atomic E-state index is 0.132. The predicted molar refractivity (Wildman–Crippen MR) is 47.1 cm³/mol. The fraction of sp³-hybridized carbons (Fsp3) is 0.778. The summed E-state index contributed by atoms with van der Waals surface area (Å²) in [6, 6.07) is -0.176. The fourth-order valence-electron chi connectivity index (χ4n) is 1.70. The van der Waals surface area contributed by atoms with E-state index >= 15 is 0 Å². The van der Waals surface area contributed by atoms with Gasteiger partial charge in [-0.2, -0.15) is 0 Å². The molecule has 13 heavy (non-hydrogen) atoms. The number of carbonyl (C=O) groups excluding carboxylic acids is 1. The molecule has 0 aromatic rings. The first kappa shape index (κ1) is 10.0. The summed E-state index contributed by atoms with van der Waals surface area (Å²) in [6.45, 7) is 4.03. The maximum atomic E-state index is 11.0. The SMILES string of the molecule is CC(C)C[C@@H]1NC(=O)C[C@H]1C(=O)O. The maximum Gasteiger partial charge on any atom is 0.309 e. The molecule has 1 rings (SSSR count). The Morgan fingerprint density at radius 2 is 2.31 bits per heavy atom. The molecule has 0 aromatic carbocycles. The van der Waals surface area contributed by atoms with Crippen LogP contribution in [0.25, 0.3) is 0 Å². The van der Waals surface area contributed by atoms with Gasteiger partial charge in [-0.05, 0) is 12.3 Å². The summed E-state index contributed by atoms with van der Waals surface area (Å²) < 4.78 is 0. The second-order valence-corrected chi connectivity index (χ2v) is 3.95. The van der Waals surface area contributed by atoms with Crippen LogP contribution >= 0.6 is 0 Å². The highest BCUT2D eigenvalue weighted by molar-refractivity contribution is 5.86. The highest BCUT2D eigenvalue weighted by atomic mass is 16.4. The highest BCUT2D eigenvalue weighted by Gasteiger charge is 2.37. The standard InChI is InChI=1S/C9H15NO3/c1-5(2)3-7-6(9(12)13)4-8(11)10-7/h5-7H,3-4H2,1-2H3,(H,10,11)(H,12,13)/t6-,7+/m1/s1. The third kappa shape index (κ3) is 2.44. The lowest BCUT2D eigenvalue weighted by atomic mass is 9.93. The molecule has 0 saturated carbocycles. The minimum Gasteiger partial charge on any atom is -0.481 e. The third-order valence-corrected chi connectivity index (χ3v) is 2.28. The van der Waals surface area contributed by atoms with Gasteiger partial charge in [0.05, 0.1) is 5.92 Å². The minimum atomic E-state index is -0.871. The molecule has 1 amide bonds. The van der Waals surface area contributed by atoms with Gasteiger partial charge in [-0.25, -0.2) is 0 Å². The Balaban J connectivity index is 2.60. The van der Waals surface area contributed by atoms with E-state index in [4.69, 9.17) is 5.11 Å². The van der Waals surface area contributed by atoms with E-state index in [1.54, 1.807) is 0 Å². The topological polar surface area (TPSA) is 66.4 Å². The first-order chi connectivity index (χ1) is 6.00. The van der Waals surface area contributed by atoms with Crippen LogP contribution in [0.3, 0.4) is 0 Å². The molecule has 2 N–H and O–H groups in total. The first-order valence-corrected chi connectivity index (χ1v) is 4.53. The molecule has 2 atom stereocenters. The monoisotopic (exact) mass is 185 g/mol. The van der Waals surface area contributed by atoms with E-state index in [2.05, 4.69) is 5.32 Å². The number of carboxylic acid groups (broad SMARTS) is 1. The Labute approximate surface area is 77.3 Å². The Morgan fingerprint density at radius 1 is 1.69 bits per heavy atom. The zero-order valence-corrected chi connectivity index (χ0v) is 7.91. The molecule has 0 spiro atoms. The van der Waals surface area contributed by atoms with Crippen molar-refractivity contribution in [1.29, 1.82) is 0 Å². The number of rotatable bonds is 3. The quantitative estimate of drug-likeness (QED) is 0.677. The molecule has 1 heterocycles. The third-order valence-electron chi connectivity index (χ3n) is 2.28. The van der Waals surface area contributed by atoms with E-state index < -0.39 is 11.9 Å². The zero-order chi connectivity index (χ0) is 10.0. The number of carbonyl (C=O) groups is 2. The lowest BCUT2D eigenvalue weighted by Crippen LogP contribution is -2.33. The summed E-state index contributed by atoms with van der Waals surface area (Å²) in [5, 5.41) is 11.5. The van der Waals surface area contributed by atoms with Crippen molar-refractivity contribution in [2.45, 2.75) is 32.7 Å². The summed E-state index contributed by atoms with van der Waals surface area (Å²) in [4.78, 5) is 21.7. The summed E-state index contributed by atoms with van der Waals surface area (Å²) in [7, 11) is 0. The number of hydrogen-bond donors (Lipinski definition) is 2. The van der Waals surface area contributed by atoms with Gasteiger partial charge in [-0.15, -0.1) is 0 Å². The van der Waals surface area contributed by atoms with E-state index in [1.165, 1.54) is 0 Å². The van der Waals surface area contributed by atoms with E-state index in [-0.39, 0.29) is 18.4 Å². The molecular formula is C9H15NO3. The molecule has 74 valence electrons.